The first-order chi connectivity index (χ1) is 10.7. The van der Waals surface area contributed by atoms with E-state index in [1.807, 2.05) is 19.9 Å². The molecule has 0 spiro atoms. The molecule has 0 saturated carbocycles. The average molecular weight is 321 g/mol. The predicted molar refractivity (Wildman–Crippen MR) is 83.2 cm³/mol. The van der Waals surface area contributed by atoms with E-state index in [-0.39, 0.29) is 5.91 Å². The van der Waals surface area contributed by atoms with Gasteiger partial charge in [0.15, 0.2) is 0 Å². The summed E-state index contributed by atoms with van der Waals surface area (Å²) in [6, 6.07) is 9.79. The maximum atomic E-state index is 12.8. The van der Waals surface area contributed by atoms with Gasteiger partial charge in [0.05, 0.1) is 11.6 Å². The van der Waals surface area contributed by atoms with Gasteiger partial charge >= 0.3 is 6.18 Å². The van der Waals surface area contributed by atoms with Crippen molar-refractivity contribution >= 4 is 5.91 Å². The quantitative estimate of drug-likeness (QED) is 0.863. The van der Waals surface area contributed by atoms with Crippen molar-refractivity contribution in [2.24, 2.45) is 0 Å². The molecule has 2 rings (SSSR count). The Morgan fingerprint density at radius 2 is 1.74 bits per heavy atom. The molecule has 5 heteroatoms. The molecule has 0 saturated heterocycles. The highest BCUT2D eigenvalue weighted by Crippen LogP contribution is 2.30. The van der Waals surface area contributed by atoms with Crippen LogP contribution in [0, 0.1) is 13.8 Å². The van der Waals surface area contributed by atoms with Gasteiger partial charge in [0.25, 0.3) is 5.91 Å². The molecule has 1 unspecified atom stereocenters. The van der Waals surface area contributed by atoms with Gasteiger partial charge in [0.2, 0.25) is 0 Å². The van der Waals surface area contributed by atoms with Crippen LogP contribution in [0.1, 0.15) is 45.6 Å². The van der Waals surface area contributed by atoms with Gasteiger partial charge in [-0.3, -0.25) is 4.79 Å². The average Bonchev–Trinajstić information content (AvgIpc) is 2.49. The summed E-state index contributed by atoms with van der Waals surface area (Å²) in [6.45, 7) is 5.51. The highest BCUT2D eigenvalue weighted by molar-refractivity contribution is 5.94. The zero-order valence-electron chi connectivity index (χ0n) is 13.2. The fraction of sp³-hybridized carbons (Fsp3) is 0.278. The van der Waals surface area contributed by atoms with E-state index in [1.165, 1.54) is 6.07 Å². The summed E-state index contributed by atoms with van der Waals surface area (Å²) in [6.07, 6.45) is -4.40. The first-order valence-corrected chi connectivity index (χ1v) is 7.24. The molecule has 0 radical (unpaired) electrons. The van der Waals surface area contributed by atoms with Crippen LogP contribution in [-0.2, 0) is 6.18 Å². The molecule has 1 amide bonds. The summed E-state index contributed by atoms with van der Waals surface area (Å²) in [5.41, 5.74) is 2.25. The van der Waals surface area contributed by atoms with E-state index >= 15 is 0 Å². The van der Waals surface area contributed by atoms with Crippen LogP contribution in [0.3, 0.4) is 0 Å². The van der Waals surface area contributed by atoms with Crippen molar-refractivity contribution < 1.29 is 18.0 Å². The Balaban J connectivity index is 2.16. The smallest absolute Gasteiger partial charge is 0.346 e. The van der Waals surface area contributed by atoms with Crippen molar-refractivity contribution in [1.29, 1.82) is 0 Å². The Bertz CT molecular complexity index is 722. The van der Waals surface area contributed by atoms with E-state index in [4.69, 9.17) is 0 Å². The summed E-state index contributed by atoms with van der Waals surface area (Å²) < 4.78 is 38.3. The highest BCUT2D eigenvalue weighted by atomic mass is 19.4. The molecule has 0 heterocycles. The third-order valence-corrected chi connectivity index (χ3v) is 3.83. The summed E-state index contributed by atoms with van der Waals surface area (Å²) in [5.74, 6) is -0.307. The number of nitrogens with one attached hydrogen (secondary N) is 1. The van der Waals surface area contributed by atoms with Crippen LogP contribution in [-0.4, -0.2) is 5.91 Å². The first kappa shape index (κ1) is 17.1. The lowest BCUT2D eigenvalue weighted by Crippen LogP contribution is -2.27. The van der Waals surface area contributed by atoms with Crippen molar-refractivity contribution in [2.75, 3.05) is 0 Å². The topological polar surface area (TPSA) is 29.1 Å². The lowest BCUT2D eigenvalue weighted by molar-refractivity contribution is -0.137. The number of hydrogen-bond donors (Lipinski definition) is 1. The Kier molecular flexibility index (Phi) is 4.78. The van der Waals surface area contributed by atoms with Crippen LogP contribution < -0.4 is 5.32 Å². The van der Waals surface area contributed by atoms with Gasteiger partial charge in [-0.25, -0.2) is 0 Å². The molecule has 0 aliphatic heterocycles. The third kappa shape index (κ3) is 4.12. The monoisotopic (exact) mass is 321 g/mol. The van der Waals surface area contributed by atoms with Gasteiger partial charge in [-0.2, -0.15) is 13.2 Å². The number of hydrogen-bond acceptors (Lipinski definition) is 1. The second-order valence-corrected chi connectivity index (χ2v) is 5.62. The normalized spacial score (nSPS) is 12.8. The molecule has 0 aliphatic rings. The van der Waals surface area contributed by atoms with E-state index in [2.05, 4.69) is 5.32 Å². The van der Waals surface area contributed by atoms with Gasteiger partial charge < -0.3 is 5.32 Å². The van der Waals surface area contributed by atoms with E-state index in [0.29, 0.717) is 11.1 Å². The summed E-state index contributed by atoms with van der Waals surface area (Å²) in [7, 11) is 0. The molecule has 2 aromatic carbocycles. The number of carbonyl (C=O) groups excluding carboxylic acids is 1. The van der Waals surface area contributed by atoms with Crippen LogP contribution in [0.25, 0.3) is 0 Å². The van der Waals surface area contributed by atoms with Gasteiger partial charge in [-0.05, 0) is 61.7 Å². The minimum Gasteiger partial charge on any atom is -0.346 e. The third-order valence-electron chi connectivity index (χ3n) is 3.83. The summed E-state index contributed by atoms with van der Waals surface area (Å²) in [5, 5.41) is 2.73. The van der Waals surface area contributed by atoms with Crippen LogP contribution in [0.5, 0.6) is 0 Å². The Labute approximate surface area is 133 Å². The molecule has 23 heavy (non-hydrogen) atoms. The molecule has 0 aliphatic carbocycles. The molecule has 0 aromatic heterocycles. The summed E-state index contributed by atoms with van der Waals surface area (Å²) >= 11 is 0. The molecular weight excluding hydrogens is 303 g/mol. The fourth-order valence-electron chi connectivity index (χ4n) is 2.23. The second-order valence-electron chi connectivity index (χ2n) is 5.62. The van der Waals surface area contributed by atoms with Crippen molar-refractivity contribution in [1.82, 2.24) is 5.32 Å². The van der Waals surface area contributed by atoms with Gasteiger partial charge in [-0.15, -0.1) is 0 Å². The highest BCUT2D eigenvalue weighted by Gasteiger charge is 2.30. The minimum absolute atomic E-state index is 0.307. The van der Waals surface area contributed by atoms with E-state index in [0.717, 1.165) is 23.3 Å². The van der Waals surface area contributed by atoms with Crippen LogP contribution in [0.2, 0.25) is 0 Å². The van der Waals surface area contributed by atoms with Gasteiger partial charge in [0, 0.05) is 5.56 Å². The molecule has 0 fully saturated rings. The molecule has 1 atom stereocenters. The predicted octanol–water partition coefficient (Wildman–Crippen LogP) is 4.81. The van der Waals surface area contributed by atoms with Crippen molar-refractivity contribution in [3.63, 3.8) is 0 Å². The first-order valence-electron chi connectivity index (χ1n) is 7.24. The molecule has 122 valence electrons. The van der Waals surface area contributed by atoms with Crippen LogP contribution in [0.4, 0.5) is 13.2 Å². The van der Waals surface area contributed by atoms with Crippen molar-refractivity contribution in [3.05, 3.63) is 70.3 Å². The van der Waals surface area contributed by atoms with Crippen LogP contribution in [0.15, 0.2) is 42.5 Å². The summed E-state index contributed by atoms with van der Waals surface area (Å²) in [4.78, 5) is 12.2. The van der Waals surface area contributed by atoms with Crippen molar-refractivity contribution in [2.45, 2.75) is 33.0 Å². The second kappa shape index (κ2) is 6.44. The molecule has 2 nitrogen and oxygen atoms in total. The van der Waals surface area contributed by atoms with E-state index in [9.17, 15) is 18.0 Å². The number of alkyl halides is 3. The SMILES string of the molecule is Cc1ccc(C(=O)NC(C)c2cccc(C(F)(F)F)c2)cc1C. The molecule has 2 aromatic rings. The Morgan fingerprint density at radius 3 is 2.35 bits per heavy atom. The number of carbonyl (C=O) groups is 1. The lowest BCUT2D eigenvalue weighted by Gasteiger charge is -2.16. The van der Waals surface area contributed by atoms with Gasteiger partial charge in [-0.1, -0.05) is 18.2 Å². The fourth-order valence-corrected chi connectivity index (χ4v) is 2.23. The largest absolute Gasteiger partial charge is 0.416 e. The van der Waals surface area contributed by atoms with E-state index in [1.54, 1.807) is 25.1 Å². The van der Waals surface area contributed by atoms with Crippen molar-refractivity contribution in [3.8, 4) is 0 Å². The van der Waals surface area contributed by atoms with Gasteiger partial charge in [0.1, 0.15) is 0 Å². The number of aryl methyl sites for hydroxylation is 2. The maximum Gasteiger partial charge on any atom is 0.416 e. The Hall–Kier alpha value is -2.30. The zero-order valence-corrected chi connectivity index (χ0v) is 13.2. The van der Waals surface area contributed by atoms with Crippen LogP contribution >= 0.6 is 0 Å². The molecule has 1 N–H and O–H groups in total. The maximum absolute atomic E-state index is 12.8. The number of rotatable bonds is 3. The zero-order chi connectivity index (χ0) is 17.2. The standard InChI is InChI=1S/C18H18F3NO/c1-11-7-8-15(9-12(11)2)17(23)22-13(3)14-5-4-6-16(10-14)18(19,20)21/h4-10,13H,1-3H3,(H,22,23). The number of benzene rings is 2. The van der Waals surface area contributed by atoms with E-state index < -0.39 is 17.8 Å². The number of amides is 1. The minimum atomic E-state index is -4.40. The molecule has 0 bridgehead atoms. The number of halogens is 3. The Morgan fingerprint density at radius 1 is 1.04 bits per heavy atom. The lowest BCUT2D eigenvalue weighted by atomic mass is 10.0. The molecular formula is C18H18F3NO.